The van der Waals surface area contributed by atoms with E-state index in [1.165, 1.54) is 59.7 Å². The average Bonchev–Trinajstić information content (AvgIpc) is 4.00. The van der Waals surface area contributed by atoms with E-state index in [0.717, 1.165) is 0 Å². The molecule has 53 heavy (non-hydrogen) atoms. The van der Waals surface area contributed by atoms with Gasteiger partial charge in [0.2, 0.25) is 11.8 Å². The highest BCUT2D eigenvalue weighted by molar-refractivity contribution is 7.99. The molecule has 8 aromatic rings. The summed E-state index contributed by atoms with van der Waals surface area (Å²) in [6.07, 6.45) is 9.08. The number of nitrogens with one attached hydrogen (secondary N) is 2. The molecule has 14 nitrogen and oxygen atoms in total. The topological polar surface area (TPSA) is 196 Å². The number of H-pyrrole nitrogens is 1. The van der Waals surface area contributed by atoms with Gasteiger partial charge in [-0.25, -0.2) is 28.7 Å². The number of aromatic amines is 1. The number of pyridine rings is 1. The van der Waals surface area contributed by atoms with Crippen molar-refractivity contribution in [3.8, 4) is 34.6 Å². The Kier molecular flexibility index (Phi) is 10.1. The van der Waals surface area contributed by atoms with Crippen molar-refractivity contribution in [1.82, 2.24) is 44.5 Å². The van der Waals surface area contributed by atoms with E-state index in [2.05, 4.69) is 35.1 Å². The molecular weight excluding hydrogens is 705 g/mol. The predicted octanol–water partition coefficient (Wildman–Crippen LogP) is 6.03. The lowest BCUT2D eigenvalue weighted by molar-refractivity contribution is 0.553. The third kappa shape index (κ3) is 7.99. The quantitative estimate of drug-likeness (QED) is 0.110. The van der Waals surface area contributed by atoms with Crippen LogP contribution < -0.4 is 11.3 Å². The number of nitrogens with two attached hydrogens (primary N) is 1. The highest BCUT2D eigenvalue weighted by atomic mass is 32.2. The summed E-state index contributed by atoms with van der Waals surface area (Å²) in [5.41, 5.74) is 8.27. The molecule has 0 aliphatic rings. The van der Waals surface area contributed by atoms with Crippen LogP contribution in [0.4, 0.5) is 8.78 Å². The van der Waals surface area contributed by atoms with E-state index in [0.29, 0.717) is 56.4 Å². The van der Waals surface area contributed by atoms with Gasteiger partial charge in [-0.05, 0) is 42.1 Å². The van der Waals surface area contributed by atoms with Gasteiger partial charge < -0.3 is 19.6 Å². The van der Waals surface area contributed by atoms with E-state index < -0.39 is 0 Å². The van der Waals surface area contributed by atoms with Crippen molar-refractivity contribution in [3.05, 3.63) is 155 Å². The van der Waals surface area contributed by atoms with Gasteiger partial charge in [-0.3, -0.25) is 19.6 Å². The van der Waals surface area contributed by atoms with Crippen molar-refractivity contribution in [2.75, 3.05) is 0 Å². The second-order valence-corrected chi connectivity index (χ2v) is 12.1. The van der Waals surface area contributed by atoms with Gasteiger partial charge in [0.05, 0.1) is 37.4 Å². The lowest BCUT2D eigenvalue weighted by Gasteiger charge is -2.06. The Morgan fingerprint density at radius 2 is 1.38 bits per heavy atom. The van der Waals surface area contributed by atoms with Crippen LogP contribution in [0.1, 0.15) is 16.8 Å². The van der Waals surface area contributed by atoms with E-state index in [4.69, 9.17) is 20.0 Å². The normalized spacial score (nSPS) is 10.9. The van der Waals surface area contributed by atoms with Crippen LogP contribution in [-0.2, 0) is 13.1 Å². The number of benzene rings is 2. The van der Waals surface area contributed by atoms with Gasteiger partial charge in [-0.1, -0.05) is 42.5 Å². The van der Waals surface area contributed by atoms with Crippen molar-refractivity contribution in [2.24, 2.45) is 5.73 Å². The summed E-state index contributed by atoms with van der Waals surface area (Å²) in [6, 6.07) is 21.6. The predicted molar refractivity (Wildman–Crippen MR) is 190 cm³/mol. The zero-order valence-electron chi connectivity index (χ0n) is 27.4. The van der Waals surface area contributed by atoms with Crippen LogP contribution in [0.3, 0.4) is 0 Å². The Balaban J connectivity index is 0.000000179. The number of amidine groups is 1. The summed E-state index contributed by atoms with van der Waals surface area (Å²) in [5.74, 6) is -0.163. The van der Waals surface area contributed by atoms with Crippen LogP contribution in [0.5, 0.6) is 0 Å². The molecule has 0 spiro atoms. The molecular formula is C36H27F2N11O3S. The highest BCUT2D eigenvalue weighted by Crippen LogP contribution is 2.27. The molecule has 0 saturated heterocycles. The van der Waals surface area contributed by atoms with Gasteiger partial charge in [0.25, 0.3) is 5.56 Å². The zero-order valence-corrected chi connectivity index (χ0v) is 28.2. The van der Waals surface area contributed by atoms with E-state index in [1.807, 2.05) is 6.07 Å². The Morgan fingerprint density at radius 1 is 0.774 bits per heavy atom. The summed E-state index contributed by atoms with van der Waals surface area (Å²) in [6.45, 7) is 0.354. The first-order valence-corrected chi connectivity index (χ1v) is 16.6. The van der Waals surface area contributed by atoms with Gasteiger partial charge in [-0.2, -0.15) is 10.2 Å². The summed E-state index contributed by atoms with van der Waals surface area (Å²) in [7, 11) is 0. The monoisotopic (exact) mass is 731 g/mol. The molecule has 8 rings (SSSR count). The molecule has 4 N–H and O–H groups in total. The first-order valence-electron chi connectivity index (χ1n) is 15.8. The first kappa shape index (κ1) is 34.4. The fraction of sp³-hybridized carbons (Fsp3) is 0.0556. The number of nitrogen functional groups attached to an aromatic ring is 1. The van der Waals surface area contributed by atoms with Crippen LogP contribution in [0.2, 0.25) is 0 Å². The average molecular weight is 732 g/mol. The molecule has 264 valence electrons. The molecule has 0 atom stereocenters. The fourth-order valence-corrected chi connectivity index (χ4v) is 5.76. The van der Waals surface area contributed by atoms with Crippen molar-refractivity contribution in [1.29, 1.82) is 5.41 Å². The molecule has 0 aliphatic carbocycles. The van der Waals surface area contributed by atoms with Crippen LogP contribution in [0, 0.1) is 17.0 Å². The van der Waals surface area contributed by atoms with E-state index in [-0.39, 0.29) is 41.1 Å². The minimum atomic E-state index is -0.362. The summed E-state index contributed by atoms with van der Waals surface area (Å²) in [4.78, 5) is 32.1. The highest BCUT2D eigenvalue weighted by Gasteiger charge is 2.19. The Bertz CT molecular complexity index is 2530. The minimum absolute atomic E-state index is 0.162. The molecule has 0 fully saturated rings. The molecule has 0 amide bonds. The lowest BCUT2D eigenvalue weighted by atomic mass is 10.2. The zero-order chi connectivity index (χ0) is 36.7. The van der Waals surface area contributed by atoms with Gasteiger partial charge in [-0.15, -0.1) is 0 Å². The smallest absolute Gasteiger partial charge is 0.281 e. The second-order valence-electron chi connectivity index (χ2n) is 11.1. The molecule has 6 heterocycles. The maximum atomic E-state index is 14.2. The molecule has 0 bridgehead atoms. The number of oxazole rings is 2. The van der Waals surface area contributed by atoms with Crippen LogP contribution in [-0.4, -0.2) is 50.3 Å². The van der Waals surface area contributed by atoms with Crippen LogP contribution >= 0.6 is 11.8 Å². The SMILES string of the molecule is N=C(N)c1cc(-c2ncco2)n(Cc2ccccc2F)n1.O=c1[nH]c(-c2cc(-c3ncco3)n(Cc3ccccc3F)n2)cnc1Sc1ccccn1. The van der Waals surface area contributed by atoms with Gasteiger partial charge in [0.15, 0.2) is 5.03 Å². The van der Waals surface area contributed by atoms with Crippen molar-refractivity contribution in [2.45, 2.75) is 23.1 Å². The number of aromatic nitrogens is 9. The van der Waals surface area contributed by atoms with Crippen molar-refractivity contribution >= 4 is 17.6 Å². The maximum absolute atomic E-state index is 14.2. The molecule has 0 aliphatic heterocycles. The number of rotatable bonds is 10. The molecule has 0 saturated carbocycles. The van der Waals surface area contributed by atoms with Gasteiger partial charge >= 0.3 is 0 Å². The second kappa shape index (κ2) is 15.5. The van der Waals surface area contributed by atoms with Crippen molar-refractivity contribution < 1.29 is 17.6 Å². The largest absolute Gasteiger partial charge is 0.443 e. The number of hydrogen-bond donors (Lipinski definition) is 3. The minimum Gasteiger partial charge on any atom is -0.443 e. The first-order chi connectivity index (χ1) is 25.8. The summed E-state index contributed by atoms with van der Waals surface area (Å²) < 4.78 is 41.7. The van der Waals surface area contributed by atoms with Gasteiger partial charge in [0, 0.05) is 23.4 Å². The van der Waals surface area contributed by atoms with Crippen LogP contribution in [0.25, 0.3) is 34.6 Å². The Morgan fingerprint density at radius 3 is 1.92 bits per heavy atom. The third-order valence-corrected chi connectivity index (χ3v) is 8.50. The van der Waals surface area contributed by atoms with Crippen LogP contribution in [0.15, 0.2) is 140 Å². The summed E-state index contributed by atoms with van der Waals surface area (Å²) >= 11 is 1.17. The molecule has 0 unspecified atom stereocenters. The lowest BCUT2D eigenvalue weighted by Crippen LogP contribution is -2.13. The van der Waals surface area contributed by atoms with Crippen molar-refractivity contribution in [3.63, 3.8) is 0 Å². The standard InChI is InChI=1S/C22H15FN6O2S.C14H12FN5O/c23-15-6-2-1-5-14(15)13-29-18(21-25-9-10-31-21)11-16(28-29)17-12-26-22(20(30)27-17)32-19-7-3-4-8-24-19;15-10-4-2-1-3-9(10)8-20-12(14-18-5-6-21-14)7-11(19-20)13(16)17/h1-12H,13H2,(H,27,30);1-7H,8H2,(H3,16,17). The third-order valence-electron chi connectivity index (χ3n) is 7.56. The van der Waals surface area contributed by atoms with Gasteiger partial charge in [0.1, 0.15) is 57.8 Å². The number of halogens is 2. The molecule has 17 heteroatoms. The summed E-state index contributed by atoms with van der Waals surface area (Å²) in [5, 5.41) is 17.2. The fourth-order valence-electron chi connectivity index (χ4n) is 5.06. The van der Waals surface area contributed by atoms with E-state index >= 15 is 0 Å². The van der Waals surface area contributed by atoms with E-state index in [1.54, 1.807) is 71.5 Å². The Hall–Kier alpha value is -7.01. The van der Waals surface area contributed by atoms with E-state index in [9.17, 15) is 13.6 Å². The number of hydrogen-bond acceptors (Lipinski definition) is 11. The molecule has 6 aromatic heterocycles. The molecule has 0 radical (unpaired) electrons. The maximum Gasteiger partial charge on any atom is 0.281 e. The Labute approximate surface area is 302 Å². The number of nitrogens with zero attached hydrogens (tertiary/aromatic N) is 8. The molecule has 2 aromatic carbocycles.